The van der Waals surface area contributed by atoms with Gasteiger partial charge in [0.05, 0.1) is 22.1 Å². The summed E-state index contributed by atoms with van der Waals surface area (Å²) < 4.78 is 7.70. The molecule has 6 aromatic carbocycles. The van der Waals surface area contributed by atoms with Crippen molar-refractivity contribution in [1.82, 2.24) is 9.13 Å². The van der Waals surface area contributed by atoms with E-state index in [4.69, 9.17) is 0 Å². The smallest absolute Gasteiger partial charge is 0.0541 e. The van der Waals surface area contributed by atoms with Gasteiger partial charge in [-0.2, -0.15) is 0 Å². The van der Waals surface area contributed by atoms with Crippen LogP contribution >= 0.6 is 11.3 Å². The minimum Gasteiger partial charge on any atom is -0.310 e. The van der Waals surface area contributed by atoms with E-state index in [1.807, 2.05) is 11.3 Å². The number of rotatable bonds is 4. The number of aromatic nitrogens is 2. The summed E-state index contributed by atoms with van der Waals surface area (Å²) in [7, 11) is 0. The highest BCUT2D eigenvalue weighted by atomic mass is 32.1. The molecular weight excluding hydrogens is 637 g/mol. The van der Waals surface area contributed by atoms with Crippen molar-refractivity contribution >= 4 is 82.9 Å². The van der Waals surface area contributed by atoms with E-state index in [2.05, 4.69) is 167 Å². The number of hydrogen-bond acceptors (Lipinski definition) is 1. The molecule has 0 saturated carbocycles. The van der Waals surface area contributed by atoms with Crippen molar-refractivity contribution in [3.63, 3.8) is 0 Å². The molecule has 0 radical (unpaired) electrons. The Morgan fingerprint density at radius 2 is 1.08 bits per heavy atom. The molecule has 0 amide bonds. The van der Waals surface area contributed by atoms with E-state index in [9.17, 15) is 0 Å². The van der Waals surface area contributed by atoms with Crippen LogP contribution in [0.5, 0.6) is 0 Å². The normalized spacial score (nSPS) is 14.3. The molecule has 242 valence electrons. The molecule has 9 aromatic rings. The first-order valence-electron chi connectivity index (χ1n) is 18.1. The van der Waals surface area contributed by atoms with Gasteiger partial charge in [-0.25, -0.2) is 0 Å². The molecule has 3 heteroatoms. The largest absolute Gasteiger partial charge is 0.310 e. The van der Waals surface area contributed by atoms with Crippen molar-refractivity contribution < 1.29 is 0 Å². The van der Waals surface area contributed by atoms with Crippen LogP contribution < -0.4 is 9.75 Å². The Balaban J connectivity index is 1.13. The first kappa shape index (κ1) is 28.9. The van der Waals surface area contributed by atoms with E-state index >= 15 is 0 Å². The fourth-order valence-corrected chi connectivity index (χ4v) is 9.90. The molecule has 3 heterocycles. The van der Waals surface area contributed by atoms with Gasteiger partial charge >= 0.3 is 0 Å². The van der Waals surface area contributed by atoms with Gasteiger partial charge in [0.15, 0.2) is 0 Å². The van der Waals surface area contributed by atoms with Crippen molar-refractivity contribution in [3.05, 3.63) is 155 Å². The number of para-hydroxylation sites is 2. The Labute approximate surface area is 299 Å². The molecule has 0 unspecified atom stereocenters. The third-order valence-electron chi connectivity index (χ3n) is 10.9. The fourth-order valence-electron chi connectivity index (χ4n) is 8.61. The molecule has 0 bridgehead atoms. The lowest BCUT2D eigenvalue weighted by Crippen LogP contribution is -2.20. The lowest BCUT2D eigenvalue weighted by Gasteiger charge is -2.13. The highest BCUT2D eigenvalue weighted by Crippen LogP contribution is 2.40. The molecule has 2 aliphatic carbocycles. The fraction of sp³-hybridized carbons (Fsp3) is 0.0833. The second kappa shape index (κ2) is 11.3. The van der Waals surface area contributed by atoms with E-state index in [1.54, 1.807) is 0 Å². The summed E-state index contributed by atoms with van der Waals surface area (Å²) >= 11 is 1.94. The standard InChI is InChI=1S/C48H34N2S/c1-3-13-31(14-4-1)39-29-35(30-42-38-19-9-12-22-47(38)51-48(39)42)50-44-21-11-8-18-37(44)41-28-33(24-26-46(41)50)32-23-25-45-40(27-32)36-17-7-10-20-43(36)49(45)34-15-5-2-6-16-34/h1,3-5,7-8,10-11,13-30H,2,6,9,12H2. The number of nitrogens with zero attached hydrogens (tertiary/aromatic N) is 2. The number of fused-ring (bicyclic) bond motifs is 9. The van der Waals surface area contributed by atoms with Crippen LogP contribution in [-0.4, -0.2) is 9.13 Å². The molecule has 0 atom stereocenters. The van der Waals surface area contributed by atoms with Crippen LogP contribution in [0.1, 0.15) is 25.7 Å². The minimum absolute atomic E-state index is 1.08. The summed E-state index contributed by atoms with van der Waals surface area (Å²) in [6.07, 6.45) is 16.2. The van der Waals surface area contributed by atoms with Crippen LogP contribution in [0.15, 0.2) is 146 Å². The molecule has 0 spiro atoms. The van der Waals surface area contributed by atoms with Crippen molar-refractivity contribution in [2.24, 2.45) is 0 Å². The highest BCUT2D eigenvalue weighted by Gasteiger charge is 2.19. The monoisotopic (exact) mass is 670 g/mol. The summed E-state index contributed by atoms with van der Waals surface area (Å²) in [6.45, 7) is 0. The summed E-state index contributed by atoms with van der Waals surface area (Å²) in [5.41, 5.74) is 12.5. The van der Waals surface area contributed by atoms with E-state index in [1.165, 1.54) is 97.1 Å². The SMILES string of the molecule is C1=CC(n2c3ccccc3c3cc(-c4ccc5c(c4)c4ccccc4n5-c4cc(-c5ccccc5)c5sc6c(c5c4)=CCCC=6)ccc32)=CCC1. The number of hydrogen-bond donors (Lipinski definition) is 0. The van der Waals surface area contributed by atoms with Crippen molar-refractivity contribution in [1.29, 1.82) is 0 Å². The van der Waals surface area contributed by atoms with Gasteiger partial charge in [0.2, 0.25) is 0 Å². The Kier molecular flexibility index (Phi) is 6.41. The molecule has 2 nitrogen and oxygen atoms in total. The topological polar surface area (TPSA) is 9.86 Å². The third-order valence-corrected chi connectivity index (χ3v) is 12.2. The molecule has 0 N–H and O–H groups in total. The molecule has 51 heavy (non-hydrogen) atoms. The van der Waals surface area contributed by atoms with E-state index in [-0.39, 0.29) is 0 Å². The Morgan fingerprint density at radius 3 is 1.80 bits per heavy atom. The van der Waals surface area contributed by atoms with Gasteiger partial charge in [-0.1, -0.05) is 103 Å². The summed E-state index contributed by atoms with van der Waals surface area (Å²) in [4.78, 5) is 0. The van der Waals surface area contributed by atoms with Crippen LogP contribution in [0.25, 0.3) is 99.5 Å². The summed E-state index contributed by atoms with van der Waals surface area (Å²) in [5, 5.41) is 7.89. The molecule has 0 fully saturated rings. The van der Waals surface area contributed by atoms with Crippen LogP contribution in [0.3, 0.4) is 0 Å². The third kappa shape index (κ3) is 4.41. The van der Waals surface area contributed by atoms with E-state index < -0.39 is 0 Å². The molecule has 0 aliphatic heterocycles. The zero-order chi connectivity index (χ0) is 33.5. The Morgan fingerprint density at radius 1 is 0.451 bits per heavy atom. The average Bonchev–Trinajstić information content (AvgIpc) is 3.85. The van der Waals surface area contributed by atoms with Crippen molar-refractivity contribution in [3.8, 4) is 27.9 Å². The molecule has 3 aromatic heterocycles. The van der Waals surface area contributed by atoms with Crippen molar-refractivity contribution in [2.45, 2.75) is 25.7 Å². The van der Waals surface area contributed by atoms with Gasteiger partial charge in [0.1, 0.15) is 0 Å². The maximum atomic E-state index is 2.49. The summed E-state index contributed by atoms with van der Waals surface area (Å²) in [6, 6.07) is 47.6. The maximum absolute atomic E-state index is 2.49. The molecule has 2 aliphatic rings. The number of thiophene rings is 1. The van der Waals surface area contributed by atoms with Crippen LogP contribution in [0.4, 0.5) is 0 Å². The molecule has 0 saturated heterocycles. The molecule has 11 rings (SSSR count). The van der Waals surface area contributed by atoms with Gasteiger partial charge in [-0.05, 0) is 102 Å². The number of benzene rings is 6. The zero-order valence-corrected chi connectivity index (χ0v) is 29.0. The van der Waals surface area contributed by atoms with Crippen molar-refractivity contribution in [2.75, 3.05) is 0 Å². The Hall–Kier alpha value is -5.90. The predicted octanol–water partition coefficient (Wildman–Crippen LogP) is 12.0. The summed E-state index contributed by atoms with van der Waals surface area (Å²) in [5.74, 6) is 0. The lowest BCUT2D eigenvalue weighted by molar-refractivity contribution is 1.02. The second-order valence-electron chi connectivity index (χ2n) is 13.9. The van der Waals surface area contributed by atoms with Gasteiger partial charge in [0, 0.05) is 53.1 Å². The predicted molar refractivity (Wildman–Crippen MR) is 220 cm³/mol. The van der Waals surface area contributed by atoms with Crippen LogP contribution in [0, 0.1) is 0 Å². The van der Waals surface area contributed by atoms with Crippen LogP contribution in [0.2, 0.25) is 0 Å². The van der Waals surface area contributed by atoms with Gasteiger partial charge < -0.3 is 9.13 Å². The number of allylic oxidation sites excluding steroid dienone is 4. The van der Waals surface area contributed by atoms with E-state index in [0.29, 0.717) is 0 Å². The lowest BCUT2D eigenvalue weighted by atomic mass is 10.0. The minimum atomic E-state index is 1.08. The molecular formula is C48H34N2S. The zero-order valence-electron chi connectivity index (χ0n) is 28.1. The van der Waals surface area contributed by atoms with Crippen LogP contribution in [-0.2, 0) is 0 Å². The Bertz CT molecular complexity index is 3070. The maximum Gasteiger partial charge on any atom is 0.0541 e. The second-order valence-corrected chi connectivity index (χ2v) is 14.9. The first-order chi connectivity index (χ1) is 25.3. The van der Waals surface area contributed by atoms with Gasteiger partial charge in [-0.3, -0.25) is 0 Å². The highest BCUT2D eigenvalue weighted by molar-refractivity contribution is 7.17. The first-order valence-corrected chi connectivity index (χ1v) is 18.9. The van der Waals surface area contributed by atoms with Gasteiger partial charge in [0.25, 0.3) is 0 Å². The van der Waals surface area contributed by atoms with Gasteiger partial charge in [-0.15, -0.1) is 11.3 Å². The average molecular weight is 671 g/mol. The van der Waals surface area contributed by atoms with E-state index in [0.717, 1.165) is 25.7 Å². The quantitative estimate of drug-likeness (QED) is 0.176.